The van der Waals surface area contributed by atoms with Crippen molar-refractivity contribution in [3.05, 3.63) is 162 Å². The summed E-state index contributed by atoms with van der Waals surface area (Å²) in [5.41, 5.74) is 4.13. The molecular formula is C44H41BO3Si. The summed E-state index contributed by atoms with van der Waals surface area (Å²) in [4.78, 5) is 0. The van der Waals surface area contributed by atoms with Crippen molar-refractivity contribution >= 4 is 63.7 Å². The first-order valence-electron chi connectivity index (χ1n) is 17.3. The summed E-state index contributed by atoms with van der Waals surface area (Å²) in [7, 11) is -3.20. The Morgan fingerprint density at radius 1 is 0.633 bits per heavy atom. The van der Waals surface area contributed by atoms with Gasteiger partial charge in [0.15, 0.2) is 8.07 Å². The summed E-state index contributed by atoms with van der Waals surface area (Å²) in [6, 6.07) is 46.3. The third-order valence-corrected chi connectivity index (χ3v) is 16.0. The molecule has 0 spiro atoms. The first-order valence-corrected chi connectivity index (χ1v) is 19.3. The molecule has 1 saturated heterocycles. The zero-order valence-corrected chi connectivity index (χ0v) is 29.8. The second-order valence-electron chi connectivity index (χ2n) is 14.4. The Morgan fingerprint density at radius 2 is 1.20 bits per heavy atom. The molecule has 1 atom stereocenters. The molecule has 1 aromatic heterocycles. The van der Waals surface area contributed by atoms with Gasteiger partial charge in [0.2, 0.25) is 0 Å². The van der Waals surface area contributed by atoms with Crippen molar-refractivity contribution in [1.82, 2.24) is 0 Å². The van der Waals surface area contributed by atoms with Crippen LogP contribution in [-0.2, 0) is 9.31 Å². The topological polar surface area (TPSA) is 31.6 Å². The van der Waals surface area contributed by atoms with Gasteiger partial charge >= 0.3 is 7.12 Å². The Morgan fingerprint density at radius 3 is 1.78 bits per heavy atom. The van der Waals surface area contributed by atoms with E-state index in [1.807, 2.05) is 12.1 Å². The molecule has 49 heavy (non-hydrogen) atoms. The van der Waals surface area contributed by atoms with Crippen LogP contribution in [0.2, 0.25) is 0 Å². The Hall–Kier alpha value is -4.68. The number of hydrogen-bond acceptors (Lipinski definition) is 3. The number of benzene rings is 5. The lowest BCUT2D eigenvalue weighted by atomic mass is 9.76. The number of rotatable bonds is 6. The van der Waals surface area contributed by atoms with E-state index in [1.54, 1.807) is 0 Å². The molecule has 0 N–H and O–H groups in total. The molecule has 0 saturated carbocycles. The highest BCUT2D eigenvalue weighted by atomic mass is 28.3. The summed E-state index contributed by atoms with van der Waals surface area (Å²) in [5.74, 6) is 0.217. The fourth-order valence-electron chi connectivity index (χ4n) is 7.67. The van der Waals surface area contributed by atoms with Crippen LogP contribution in [0, 0.1) is 5.92 Å². The summed E-state index contributed by atoms with van der Waals surface area (Å²) >= 11 is 0. The van der Waals surface area contributed by atoms with Crippen molar-refractivity contribution in [3.63, 3.8) is 0 Å². The zero-order valence-electron chi connectivity index (χ0n) is 28.8. The monoisotopic (exact) mass is 656 g/mol. The Kier molecular flexibility index (Phi) is 7.75. The van der Waals surface area contributed by atoms with Gasteiger partial charge in [-0.15, -0.1) is 0 Å². The van der Waals surface area contributed by atoms with Gasteiger partial charge in [0.25, 0.3) is 0 Å². The van der Waals surface area contributed by atoms with Gasteiger partial charge < -0.3 is 13.7 Å². The zero-order chi connectivity index (χ0) is 33.8. The Balaban J connectivity index is 1.33. The number of allylic oxidation sites excluding steroid dienone is 6. The van der Waals surface area contributed by atoms with Gasteiger partial charge in [-0.3, -0.25) is 0 Å². The first kappa shape index (κ1) is 31.6. The maximum Gasteiger partial charge on any atom is 0.495 e. The molecule has 6 aromatic rings. The maximum absolute atomic E-state index is 6.54. The lowest BCUT2D eigenvalue weighted by Gasteiger charge is -2.38. The smallest absolute Gasteiger partial charge is 0.456 e. The summed E-state index contributed by atoms with van der Waals surface area (Å²) < 4.78 is 19.5. The molecule has 2 aliphatic rings. The first-order chi connectivity index (χ1) is 23.7. The van der Waals surface area contributed by atoms with E-state index in [4.69, 9.17) is 13.7 Å². The molecule has 5 heteroatoms. The molecule has 0 amide bonds. The molecule has 0 bridgehead atoms. The SMILES string of the molecule is C[C@@H]1C=CC=C(c2ccc3oc4cccc(B5OC(C)(C)C(C)(C)O5)c4c3c2)C=C1[Si](c1ccccc1)(c1ccccc1)c1ccccc1. The standard InChI is InChI=1S/C44H41BO3Si/c1-31-17-15-18-32(30-41(31)49(34-19-9-6-10-20-34,35-21-11-7-12-22-35)36-23-13-8-14-24-36)33-27-28-39-37(29-33)42-38(25-16-26-40(42)46-39)45-47-43(2,3)44(4,5)48-45/h6-31H,1-5H3/t31-/m1/s1. The van der Waals surface area contributed by atoms with Crippen molar-refractivity contribution in [3.8, 4) is 0 Å². The van der Waals surface area contributed by atoms with Crippen LogP contribution in [-0.4, -0.2) is 26.4 Å². The van der Waals surface area contributed by atoms with Crippen LogP contribution in [0.4, 0.5) is 0 Å². The molecular weight excluding hydrogens is 615 g/mol. The van der Waals surface area contributed by atoms with Crippen molar-refractivity contribution in [2.75, 3.05) is 0 Å². The van der Waals surface area contributed by atoms with E-state index in [2.05, 4.69) is 174 Å². The molecule has 0 unspecified atom stereocenters. The van der Waals surface area contributed by atoms with Gasteiger partial charge in [-0.25, -0.2) is 0 Å². The molecule has 0 radical (unpaired) electrons. The molecule has 2 heterocycles. The lowest BCUT2D eigenvalue weighted by Crippen LogP contribution is -2.69. The van der Waals surface area contributed by atoms with Gasteiger partial charge in [0, 0.05) is 10.8 Å². The molecule has 8 rings (SSSR count). The lowest BCUT2D eigenvalue weighted by molar-refractivity contribution is 0.00578. The maximum atomic E-state index is 6.54. The summed E-state index contributed by atoms with van der Waals surface area (Å²) in [6.07, 6.45) is 9.35. The quantitative estimate of drug-likeness (QED) is 0.134. The fourth-order valence-corrected chi connectivity index (χ4v) is 12.9. The minimum atomic E-state index is -2.71. The van der Waals surface area contributed by atoms with Crippen LogP contribution in [0.15, 0.2) is 161 Å². The van der Waals surface area contributed by atoms with E-state index < -0.39 is 26.4 Å². The minimum absolute atomic E-state index is 0.217. The van der Waals surface area contributed by atoms with Crippen LogP contribution < -0.4 is 21.0 Å². The van der Waals surface area contributed by atoms with E-state index >= 15 is 0 Å². The average Bonchev–Trinajstić information content (AvgIpc) is 3.51. The average molecular weight is 657 g/mol. The largest absolute Gasteiger partial charge is 0.495 e. The molecule has 1 aliphatic carbocycles. The van der Waals surface area contributed by atoms with Gasteiger partial charge in [0.1, 0.15) is 11.2 Å². The summed E-state index contributed by atoms with van der Waals surface area (Å²) in [5, 5.41) is 7.69. The highest BCUT2D eigenvalue weighted by Gasteiger charge is 2.52. The van der Waals surface area contributed by atoms with Crippen molar-refractivity contribution in [1.29, 1.82) is 0 Å². The van der Waals surface area contributed by atoms with Crippen LogP contribution in [0.5, 0.6) is 0 Å². The van der Waals surface area contributed by atoms with Crippen molar-refractivity contribution < 1.29 is 13.7 Å². The Labute approximate surface area is 290 Å². The number of furan rings is 1. The third-order valence-electron chi connectivity index (χ3n) is 10.9. The van der Waals surface area contributed by atoms with E-state index in [9.17, 15) is 0 Å². The second kappa shape index (κ2) is 12.0. The molecule has 242 valence electrons. The number of fused-ring (bicyclic) bond motifs is 3. The van der Waals surface area contributed by atoms with E-state index in [0.29, 0.717) is 0 Å². The Bertz CT molecular complexity index is 2140. The minimum Gasteiger partial charge on any atom is -0.456 e. The van der Waals surface area contributed by atoms with Gasteiger partial charge in [-0.05, 0) is 84.0 Å². The predicted octanol–water partition coefficient (Wildman–Crippen LogP) is 8.11. The highest BCUT2D eigenvalue weighted by Crippen LogP contribution is 2.39. The van der Waals surface area contributed by atoms with Crippen LogP contribution >= 0.6 is 0 Å². The van der Waals surface area contributed by atoms with E-state index in [1.165, 1.54) is 26.3 Å². The molecule has 3 nitrogen and oxygen atoms in total. The van der Waals surface area contributed by atoms with Gasteiger partial charge in [-0.2, -0.15) is 0 Å². The third kappa shape index (κ3) is 5.20. The molecule has 1 fully saturated rings. The van der Waals surface area contributed by atoms with E-state index in [0.717, 1.165) is 33.0 Å². The summed E-state index contributed by atoms with van der Waals surface area (Å²) in [6.45, 7) is 10.7. The normalized spacial score (nSPS) is 18.8. The predicted molar refractivity (Wildman–Crippen MR) is 208 cm³/mol. The van der Waals surface area contributed by atoms with Gasteiger partial charge in [0.05, 0.1) is 11.2 Å². The van der Waals surface area contributed by atoms with Crippen molar-refractivity contribution in [2.45, 2.75) is 45.8 Å². The number of hydrogen-bond donors (Lipinski definition) is 0. The molecule has 5 aromatic carbocycles. The highest BCUT2D eigenvalue weighted by molar-refractivity contribution is 7.16. The fraction of sp³-hybridized carbons (Fsp3) is 0.182. The van der Waals surface area contributed by atoms with Crippen molar-refractivity contribution in [2.24, 2.45) is 5.92 Å². The van der Waals surface area contributed by atoms with Crippen LogP contribution in [0.3, 0.4) is 0 Å². The van der Waals surface area contributed by atoms with Crippen LogP contribution in [0.1, 0.15) is 40.2 Å². The molecule has 1 aliphatic heterocycles. The van der Waals surface area contributed by atoms with E-state index in [-0.39, 0.29) is 5.92 Å². The van der Waals surface area contributed by atoms with Gasteiger partial charge in [-0.1, -0.05) is 146 Å². The second-order valence-corrected chi connectivity index (χ2v) is 18.2. The van der Waals surface area contributed by atoms with Crippen LogP contribution in [0.25, 0.3) is 27.5 Å².